The molecule has 2 amide bonds. The molecule has 1 aromatic carbocycles. The van der Waals surface area contributed by atoms with Gasteiger partial charge in [0.2, 0.25) is 5.91 Å². The Balaban J connectivity index is 0.00000220. The number of ether oxygens (including phenoxy) is 1. The molecular formula is C14H20ClN3O3. The van der Waals surface area contributed by atoms with Crippen LogP contribution in [0.1, 0.15) is 12.8 Å². The number of benzene rings is 1. The normalized spacial score (nSPS) is 14.6. The summed E-state index contributed by atoms with van der Waals surface area (Å²) in [7, 11) is 3.34. The van der Waals surface area contributed by atoms with Crippen LogP contribution in [0, 0.1) is 0 Å². The SMILES string of the molecule is CN(C)C(=O)COc1ccc(NC(=O)C2(N)CC2)cc1.Cl. The Kier molecular flexibility index (Phi) is 5.57. The Morgan fingerprint density at radius 2 is 1.86 bits per heavy atom. The summed E-state index contributed by atoms with van der Waals surface area (Å²) in [5.41, 5.74) is 5.78. The summed E-state index contributed by atoms with van der Waals surface area (Å²) in [4.78, 5) is 24.6. The van der Waals surface area contributed by atoms with Crippen LogP contribution < -0.4 is 15.8 Å². The molecule has 0 radical (unpaired) electrons. The number of nitrogens with one attached hydrogen (secondary N) is 1. The molecule has 2 rings (SSSR count). The minimum atomic E-state index is -0.687. The van der Waals surface area contributed by atoms with Crippen molar-refractivity contribution in [1.82, 2.24) is 4.90 Å². The Labute approximate surface area is 130 Å². The van der Waals surface area contributed by atoms with E-state index in [1.54, 1.807) is 38.4 Å². The number of rotatable bonds is 5. The molecule has 1 fully saturated rings. The highest BCUT2D eigenvalue weighted by Crippen LogP contribution is 2.33. The van der Waals surface area contributed by atoms with Crippen molar-refractivity contribution in [3.63, 3.8) is 0 Å². The third kappa shape index (κ3) is 4.61. The van der Waals surface area contributed by atoms with Gasteiger partial charge in [0.1, 0.15) is 5.75 Å². The van der Waals surface area contributed by atoms with Crippen molar-refractivity contribution in [3.8, 4) is 5.75 Å². The van der Waals surface area contributed by atoms with Crippen LogP contribution >= 0.6 is 12.4 Å². The van der Waals surface area contributed by atoms with Gasteiger partial charge in [-0.25, -0.2) is 0 Å². The van der Waals surface area contributed by atoms with Gasteiger partial charge in [0, 0.05) is 19.8 Å². The van der Waals surface area contributed by atoms with Gasteiger partial charge in [-0.15, -0.1) is 12.4 Å². The number of hydrogen-bond acceptors (Lipinski definition) is 4. The molecule has 1 aliphatic carbocycles. The molecule has 0 aromatic heterocycles. The quantitative estimate of drug-likeness (QED) is 0.849. The van der Waals surface area contributed by atoms with Crippen LogP contribution in [0.4, 0.5) is 5.69 Å². The predicted octanol–water partition coefficient (Wildman–Crippen LogP) is 1.01. The average Bonchev–Trinajstić information content (AvgIpc) is 3.17. The van der Waals surface area contributed by atoms with Gasteiger partial charge in [0.15, 0.2) is 6.61 Å². The van der Waals surface area contributed by atoms with Gasteiger partial charge in [0.25, 0.3) is 5.91 Å². The molecule has 1 aromatic rings. The number of nitrogens with zero attached hydrogens (tertiary/aromatic N) is 1. The number of carbonyl (C=O) groups excluding carboxylic acids is 2. The second-order valence-electron chi connectivity index (χ2n) is 5.21. The summed E-state index contributed by atoms with van der Waals surface area (Å²) < 4.78 is 5.34. The zero-order valence-corrected chi connectivity index (χ0v) is 12.9. The molecular weight excluding hydrogens is 294 g/mol. The number of halogens is 1. The highest BCUT2D eigenvalue weighted by molar-refractivity contribution is 6.00. The van der Waals surface area contributed by atoms with Crippen LogP contribution in [0.15, 0.2) is 24.3 Å². The van der Waals surface area contributed by atoms with E-state index >= 15 is 0 Å². The number of carbonyl (C=O) groups is 2. The molecule has 21 heavy (non-hydrogen) atoms. The van der Waals surface area contributed by atoms with E-state index in [1.165, 1.54) is 4.90 Å². The van der Waals surface area contributed by atoms with Crippen molar-refractivity contribution < 1.29 is 14.3 Å². The lowest BCUT2D eigenvalue weighted by atomic mass is 10.2. The largest absolute Gasteiger partial charge is 0.484 e. The lowest BCUT2D eigenvalue weighted by Crippen LogP contribution is -2.37. The fraction of sp³-hybridized carbons (Fsp3) is 0.429. The van der Waals surface area contributed by atoms with Gasteiger partial charge in [0.05, 0.1) is 5.54 Å². The molecule has 0 bridgehead atoms. The number of nitrogens with two attached hydrogens (primary N) is 1. The Morgan fingerprint density at radius 3 is 2.33 bits per heavy atom. The van der Waals surface area contributed by atoms with Gasteiger partial charge in [-0.1, -0.05) is 0 Å². The third-order valence-electron chi connectivity index (χ3n) is 3.21. The number of hydrogen-bond donors (Lipinski definition) is 2. The lowest BCUT2D eigenvalue weighted by molar-refractivity contribution is -0.130. The molecule has 1 saturated carbocycles. The standard InChI is InChI=1S/C14H19N3O3.ClH/c1-17(2)12(18)9-20-11-5-3-10(4-6-11)16-13(19)14(15)7-8-14;/h3-6H,7-9,15H2,1-2H3,(H,16,19);1H. The molecule has 0 unspecified atom stereocenters. The smallest absolute Gasteiger partial charge is 0.259 e. The van der Waals surface area contributed by atoms with Gasteiger partial charge in [-0.05, 0) is 37.1 Å². The second kappa shape index (κ2) is 6.78. The van der Waals surface area contributed by atoms with E-state index in [1.807, 2.05) is 0 Å². The Morgan fingerprint density at radius 1 is 1.29 bits per heavy atom. The minimum absolute atomic E-state index is 0. The van der Waals surface area contributed by atoms with Crippen molar-refractivity contribution in [2.75, 3.05) is 26.0 Å². The Bertz CT molecular complexity index is 513. The molecule has 0 saturated heterocycles. The van der Waals surface area contributed by atoms with E-state index in [0.717, 1.165) is 12.8 Å². The maximum Gasteiger partial charge on any atom is 0.259 e. The first-order chi connectivity index (χ1) is 9.40. The molecule has 1 aliphatic rings. The molecule has 0 heterocycles. The topological polar surface area (TPSA) is 84.7 Å². The summed E-state index contributed by atoms with van der Waals surface area (Å²) in [6.07, 6.45) is 1.46. The molecule has 7 heteroatoms. The van der Waals surface area contributed by atoms with Gasteiger partial charge in [-0.3, -0.25) is 9.59 Å². The van der Waals surface area contributed by atoms with Crippen molar-refractivity contribution in [2.24, 2.45) is 5.73 Å². The second-order valence-corrected chi connectivity index (χ2v) is 5.21. The van der Waals surface area contributed by atoms with Crippen LogP contribution in [0.2, 0.25) is 0 Å². The number of likely N-dealkylation sites (N-methyl/N-ethyl adjacent to an activating group) is 1. The first-order valence-electron chi connectivity index (χ1n) is 6.44. The molecule has 3 N–H and O–H groups in total. The molecule has 0 aliphatic heterocycles. The van der Waals surface area contributed by atoms with E-state index in [-0.39, 0.29) is 30.8 Å². The highest BCUT2D eigenvalue weighted by atomic mass is 35.5. The molecule has 0 spiro atoms. The van der Waals surface area contributed by atoms with Crippen LogP contribution in [-0.4, -0.2) is 43.0 Å². The van der Waals surface area contributed by atoms with Gasteiger partial charge >= 0.3 is 0 Å². The van der Waals surface area contributed by atoms with Crippen LogP contribution in [-0.2, 0) is 9.59 Å². The van der Waals surface area contributed by atoms with E-state index < -0.39 is 5.54 Å². The zero-order chi connectivity index (χ0) is 14.8. The van der Waals surface area contributed by atoms with Crippen LogP contribution in [0.25, 0.3) is 0 Å². The zero-order valence-electron chi connectivity index (χ0n) is 12.1. The maximum absolute atomic E-state index is 11.8. The lowest BCUT2D eigenvalue weighted by Gasteiger charge is -2.12. The highest BCUT2D eigenvalue weighted by Gasteiger charge is 2.45. The summed E-state index contributed by atoms with van der Waals surface area (Å²) in [6.45, 7) is -0.00931. The Hall–Kier alpha value is -1.79. The molecule has 6 nitrogen and oxygen atoms in total. The summed E-state index contributed by atoms with van der Waals surface area (Å²) in [5.74, 6) is 0.308. The fourth-order valence-corrected chi connectivity index (χ4v) is 1.53. The fourth-order valence-electron chi connectivity index (χ4n) is 1.53. The van der Waals surface area contributed by atoms with Gasteiger partial charge < -0.3 is 20.7 Å². The van der Waals surface area contributed by atoms with E-state index in [4.69, 9.17) is 10.5 Å². The van der Waals surface area contributed by atoms with Crippen molar-refractivity contribution in [3.05, 3.63) is 24.3 Å². The first kappa shape index (κ1) is 17.3. The summed E-state index contributed by atoms with van der Waals surface area (Å²) in [5, 5.41) is 2.76. The monoisotopic (exact) mass is 313 g/mol. The maximum atomic E-state index is 11.8. The van der Waals surface area contributed by atoms with Crippen molar-refractivity contribution >= 4 is 29.9 Å². The third-order valence-corrected chi connectivity index (χ3v) is 3.21. The van der Waals surface area contributed by atoms with Crippen LogP contribution in [0.5, 0.6) is 5.75 Å². The van der Waals surface area contributed by atoms with E-state index in [2.05, 4.69) is 5.32 Å². The van der Waals surface area contributed by atoms with Gasteiger partial charge in [-0.2, -0.15) is 0 Å². The van der Waals surface area contributed by atoms with Crippen molar-refractivity contribution in [1.29, 1.82) is 0 Å². The molecule has 116 valence electrons. The average molecular weight is 314 g/mol. The van der Waals surface area contributed by atoms with E-state index in [9.17, 15) is 9.59 Å². The minimum Gasteiger partial charge on any atom is -0.484 e. The number of anilines is 1. The van der Waals surface area contributed by atoms with Crippen LogP contribution in [0.3, 0.4) is 0 Å². The predicted molar refractivity (Wildman–Crippen MR) is 82.7 cm³/mol. The summed E-state index contributed by atoms with van der Waals surface area (Å²) in [6, 6.07) is 6.85. The first-order valence-corrected chi connectivity index (χ1v) is 6.44. The summed E-state index contributed by atoms with van der Waals surface area (Å²) >= 11 is 0. The molecule has 0 atom stereocenters. The van der Waals surface area contributed by atoms with E-state index in [0.29, 0.717) is 11.4 Å². The van der Waals surface area contributed by atoms with Crippen molar-refractivity contribution in [2.45, 2.75) is 18.4 Å². The number of amides is 2.